The van der Waals surface area contributed by atoms with E-state index >= 15 is 0 Å². The number of carboxylic acids is 1. The first kappa shape index (κ1) is 13.8. The molecule has 2 rings (SSSR count). The van der Waals surface area contributed by atoms with E-state index in [1.165, 1.54) is 19.3 Å². The molecular formula is C14H25NO3. The van der Waals surface area contributed by atoms with Crippen LogP contribution in [0.4, 0.5) is 0 Å². The van der Waals surface area contributed by atoms with Gasteiger partial charge < -0.3 is 9.84 Å². The van der Waals surface area contributed by atoms with E-state index in [-0.39, 0.29) is 18.2 Å². The Morgan fingerprint density at radius 3 is 2.61 bits per heavy atom. The number of rotatable bonds is 4. The molecule has 5 unspecified atom stereocenters. The molecule has 2 fully saturated rings. The fourth-order valence-corrected chi connectivity index (χ4v) is 3.75. The van der Waals surface area contributed by atoms with E-state index < -0.39 is 5.97 Å². The number of hydrogen-bond donors (Lipinski definition) is 1. The summed E-state index contributed by atoms with van der Waals surface area (Å²) in [7, 11) is 1.70. The van der Waals surface area contributed by atoms with Crippen molar-refractivity contribution in [2.24, 2.45) is 5.92 Å². The van der Waals surface area contributed by atoms with E-state index in [2.05, 4.69) is 11.8 Å². The van der Waals surface area contributed by atoms with E-state index in [0.29, 0.717) is 12.0 Å². The summed E-state index contributed by atoms with van der Waals surface area (Å²) >= 11 is 0. The highest BCUT2D eigenvalue weighted by molar-refractivity contribution is 5.74. The summed E-state index contributed by atoms with van der Waals surface area (Å²) in [5.41, 5.74) is 0. The number of methoxy groups -OCH3 is 1. The van der Waals surface area contributed by atoms with Gasteiger partial charge in [-0.25, -0.2) is 0 Å². The fourth-order valence-electron chi connectivity index (χ4n) is 3.75. The highest BCUT2D eigenvalue weighted by atomic mass is 16.5. The summed E-state index contributed by atoms with van der Waals surface area (Å²) < 4.78 is 5.40. The molecule has 1 saturated heterocycles. The first-order valence-electron chi connectivity index (χ1n) is 7.09. The van der Waals surface area contributed by atoms with Crippen LogP contribution in [0.1, 0.15) is 46.0 Å². The molecule has 1 aliphatic carbocycles. The minimum atomic E-state index is -0.667. The highest BCUT2D eigenvalue weighted by Gasteiger charge is 2.47. The highest BCUT2D eigenvalue weighted by Crippen LogP contribution is 2.41. The molecule has 0 radical (unpaired) electrons. The maximum absolute atomic E-state index is 11.5. The molecule has 4 nitrogen and oxygen atoms in total. The van der Waals surface area contributed by atoms with Crippen molar-refractivity contribution >= 4 is 5.97 Å². The van der Waals surface area contributed by atoms with Gasteiger partial charge in [-0.15, -0.1) is 0 Å². The maximum atomic E-state index is 11.5. The third-order valence-electron chi connectivity index (χ3n) is 4.94. The summed E-state index contributed by atoms with van der Waals surface area (Å²) in [4.78, 5) is 13.7. The lowest BCUT2D eigenvalue weighted by molar-refractivity contribution is -0.144. The van der Waals surface area contributed by atoms with Crippen LogP contribution < -0.4 is 0 Å². The maximum Gasteiger partial charge on any atom is 0.320 e. The molecule has 5 atom stereocenters. The monoisotopic (exact) mass is 255 g/mol. The van der Waals surface area contributed by atoms with Crippen molar-refractivity contribution < 1.29 is 14.6 Å². The first-order valence-corrected chi connectivity index (χ1v) is 7.09. The van der Waals surface area contributed by atoms with Gasteiger partial charge in [-0.3, -0.25) is 9.69 Å². The quantitative estimate of drug-likeness (QED) is 0.836. The van der Waals surface area contributed by atoms with Gasteiger partial charge in [-0.2, -0.15) is 0 Å². The second-order valence-electron chi connectivity index (χ2n) is 5.83. The van der Waals surface area contributed by atoms with Crippen LogP contribution in [-0.2, 0) is 9.53 Å². The number of fused-ring (bicyclic) bond motifs is 1. The Kier molecular flexibility index (Phi) is 4.28. The molecule has 4 heteroatoms. The normalized spacial score (nSPS) is 36.1. The van der Waals surface area contributed by atoms with Gasteiger partial charge in [0, 0.05) is 19.2 Å². The molecule has 1 saturated carbocycles. The molecule has 0 amide bonds. The third-order valence-corrected chi connectivity index (χ3v) is 4.94. The van der Waals surface area contributed by atoms with Crippen molar-refractivity contribution in [1.82, 2.24) is 4.90 Å². The fraction of sp³-hybridized carbons (Fsp3) is 0.929. The molecule has 1 N–H and O–H groups in total. The second kappa shape index (κ2) is 5.57. The van der Waals surface area contributed by atoms with Crippen molar-refractivity contribution in [3.63, 3.8) is 0 Å². The molecule has 0 aromatic heterocycles. The molecule has 18 heavy (non-hydrogen) atoms. The van der Waals surface area contributed by atoms with Gasteiger partial charge in [0.15, 0.2) is 0 Å². The topological polar surface area (TPSA) is 49.8 Å². The Hall–Kier alpha value is -0.610. The van der Waals surface area contributed by atoms with Gasteiger partial charge in [-0.05, 0) is 39.0 Å². The minimum Gasteiger partial charge on any atom is -0.480 e. The lowest BCUT2D eigenvalue weighted by Crippen LogP contribution is -2.51. The van der Waals surface area contributed by atoms with E-state index in [4.69, 9.17) is 4.74 Å². The molecular weight excluding hydrogens is 230 g/mol. The van der Waals surface area contributed by atoms with Crippen LogP contribution in [-0.4, -0.2) is 47.3 Å². The average Bonchev–Trinajstić information content (AvgIpc) is 2.76. The van der Waals surface area contributed by atoms with Gasteiger partial charge in [0.05, 0.1) is 6.10 Å². The number of likely N-dealkylation sites (tertiary alicyclic amines) is 1. The van der Waals surface area contributed by atoms with Crippen LogP contribution in [0.5, 0.6) is 0 Å². The van der Waals surface area contributed by atoms with Crippen molar-refractivity contribution in [2.75, 3.05) is 7.11 Å². The Balaban J connectivity index is 2.18. The summed E-state index contributed by atoms with van der Waals surface area (Å²) in [6, 6.07) is 0.308. The Labute approximate surface area is 109 Å². The molecule has 0 aromatic carbocycles. The van der Waals surface area contributed by atoms with Crippen molar-refractivity contribution in [1.29, 1.82) is 0 Å². The average molecular weight is 255 g/mol. The molecule has 1 aliphatic heterocycles. The molecule has 0 aromatic rings. The van der Waals surface area contributed by atoms with Crippen molar-refractivity contribution in [2.45, 2.75) is 70.2 Å². The summed E-state index contributed by atoms with van der Waals surface area (Å²) in [5.74, 6) is -0.0918. The van der Waals surface area contributed by atoms with Gasteiger partial charge in [0.25, 0.3) is 0 Å². The van der Waals surface area contributed by atoms with Crippen LogP contribution in [0.25, 0.3) is 0 Å². The molecule has 104 valence electrons. The standard InChI is InChI=1S/C14H25NO3/c1-9(10(2)18-3)15-12-7-5-4-6-11(12)8-13(15)14(16)17/h9-13H,4-8H2,1-3H3,(H,16,17). The van der Waals surface area contributed by atoms with E-state index in [1.54, 1.807) is 7.11 Å². The van der Waals surface area contributed by atoms with Crippen LogP contribution >= 0.6 is 0 Å². The van der Waals surface area contributed by atoms with E-state index in [9.17, 15) is 9.90 Å². The van der Waals surface area contributed by atoms with Gasteiger partial charge >= 0.3 is 5.97 Å². The molecule has 2 aliphatic rings. The second-order valence-corrected chi connectivity index (χ2v) is 5.83. The Morgan fingerprint density at radius 1 is 1.33 bits per heavy atom. The number of carboxylic acid groups (broad SMARTS) is 1. The van der Waals surface area contributed by atoms with Crippen molar-refractivity contribution in [3.8, 4) is 0 Å². The number of carbonyl (C=O) groups is 1. The van der Waals surface area contributed by atoms with Gasteiger partial charge in [-0.1, -0.05) is 12.8 Å². The Bertz CT molecular complexity index is 307. The largest absolute Gasteiger partial charge is 0.480 e. The number of hydrogen-bond acceptors (Lipinski definition) is 3. The lowest BCUT2D eigenvalue weighted by Gasteiger charge is -2.39. The summed E-state index contributed by atoms with van der Waals surface area (Å²) in [6.07, 6.45) is 5.73. The summed E-state index contributed by atoms with van der Waals surface area (Å²) in [5, 5.41) is 9.45. The number of ether oxygens (including phenoxy) is 1. The smallest absolute Gasteiger partial charge is 0.320 e. The zero-order valence-electron chi connectivity index (χ0n) is 11.6. The van der Waals surface area contributed by atoms with Crippen LogP contribution in [0.15, 0.2) is 0 Å². The van der Waals surface area contributed by atoms with Crippen LogP contribution in [0, 0.1) is 5.92 Å². The third kappa shape index (κ3) is 2.41. The number of aliphatic carboxylic acids is 1. The number of nitrogens with zero attached hydrogens (tertiary/aromatic N) is 1. The van der Waals surface area contributed by atoms with E-state index in [0.717, 1.165) is 12.8 Å². The summed E-state index contributed by atoms with van der Waals surface area (Å²) in [6.45, 7) is 4.13. The first-order chi connectivity index (χ1) is 8.56. The predicted molar refractivity (Wildman–Crippen MR) is 69.6 cm³/mol. The van der Waals surface area contributed by atoms with Crippen molar-refractivity contribution in [3.05, 3.63) is 0 Å². The minimum absolute atomic E-state index is 0.0764. The molecule has 1 heterocycles. The Morgan fingerprint density at radius 2 is 2.00 bits per heavy atom. The zero-order valence-corrected chi connectivity index (χ0v) is 11.6. The van der Waals surface area contributed by atoms with Crippen LogP contribution in [0.2, 0.25) is 0 Å². The van der Waals surface area contributed by atoms with Gasteiger partial charge in [0.2, 0.25) is 0 Å². The SMILES string of the molecule is COC(C)C(C)N1C(C(=O)O)CC2CCCCC21. The molecule has 0 bridgehead atoms. The predicted octanol–water partition coefficient (Wildman–Crippen LogP) is 2.13. The lowest BCUT2D eigenvalue weighted by atomic mass is 9.84. The van der Waals surface area contributed by atoms with E-state index in [1.807, 2.05) is 6.92 Å². The van der Waals surface area contributed by atoms with Crippen LogP contribution in [0.3, 0.4) is 0 Å². The molecule has 0 spiro atoms. The van der Waals surface area contributed by atoms with Gasteiger partial charge in [0.1, 0.15) is 6.04 Å². The zero-order chi connectivity index (χ0) is 13.3.